The third-order valence-electron chi connectivity index (χ3n) is 6.31. The number of thiazole rings is 1. The number of nitro benzene ring substituents is 1. The molecule has 4 N–H and O–H groups in total. The Labute approximate surface area is 241 Å². The topological polar surface area (TPSA) is 217 Å². The predicted molar refractivity (Wildman–Crippen MR) is 147 cm³/mol. The van der Waals surface area contributed by atoms with Crippen molar-refractivity contribution in [1.29, 1.82) is 0 Å². The van der Waals surface area contributed by atoms with Crippen molar-refractivity contribution in [3.8, 4) is 0 Å². The van der Waals surface area contributed by atoms with Crippen LogP contribution in [0.2, 0.25) is 0 Å². The van der Waals surface area contributed by atoms with Gasteiger partial charge in [-0.1, -0.05) is 5.16 Å². The molecule has 0 spiro atoms. The van der Waals surface area contributed by atoms with Gasteiger partial charge in [0, 0.05) is 22.3 Å². The van der Waals surface area contributed by atoms with Crippen LogP contribution in [0.4, 0.5) is 10.8 Å². The Bertz CT molecular complexity index is 1440. The second-order valence-electron chi connectivity index (χ2n) is 10.2. The van der Waals surface area contributed by atoms with Crippen molar-refractivity contribution >= 4 is 63.4 Å². The minimum absolute atomic E-state index is 0.0338. The van der Waals surface area contributed by atoms with Crippen LogP contribution in [0.15, 0.2) is 34.8 Å². The number of nitrogens with two attached hydrogens (primary N) is 1. The van der Waals surface area contributed by atoms with Crippen LogP contribution in [-0.2, 0) is 35.4 Å². The van der Waals surface area contributed by atoms with E-state index in [0.717, 1.165) is 11.3 Å². The number of ether oxygens (including phenoxy) is 1. The molecule has 0 unspecified atom stereocenters. The lowest BCUT2D eigenvalue weighted by atomic mass is 9.96. The molecular weight excluding hydrogens is 580 g/mol. The molecule has 1 aromatic carbocycles. The van der Waals surface area contributed by atoms with Crippen LogP contribution in [0.25, 0.3) is 0 Å². The number of aromatic nitrogens is 1. The number of esters is 1. The summed E-state index contributed by atoms with van der Waals surface area (Å²) in [5.74, 6) is -3.38. The van der Waals surface area contributed by atoms with Gasteiger partial charge < -0.3 is 30.6 Å². The number of amides is 2. The summed E-state index contributed by atoms with van der Waals surface area (Å²) in [5, 5.41) is 27.8. The Morgan fingerprint density at radius 3 is 2.51 bits per heavy atom. The molecule has 3 heterocycles. The summed E-state index contributed by atoms with van der Waals surface area (Å²) in [6.07, 6.45) is 0. The first-order valence-corrected chi connectivity index (χ1v) is 13.8. The molecule has 2 aromatic rings. The first kappa shape index (κ1) is 29.7. The smallest absolute Gasteiger partial charge is 0.353 e. The van der Waals surface area contributed by atoms with E-state index in [2.05, 4.69) is 15.5 Å². The number of carboxylic acids is 1. The van der Waals surface area contributed by atoms with Crippen molar-refractivity contribution in [3.05, 3.63) is 51.0 Å². The van der Waals surface area contributed by atoms with Crippen LogP contribution >= 0.6 is 23.1 Å². The molecule has 0 radical (unpaired) electrons. The van der Waals surface area contributed by atoms with E-state index in [-0.39, 0.29) is 28.8 Å². The highest BCUT2D eigenvalue weighted by molar-refractivity contribution is 8.01. The zero-order valence-corrected chi connectivity index (χ0v) is 23.9. The Morgan fingerprint density at radius 2 is 1.95 bits per heavy atom. The molecule has 0 bridgehead atoms. The summed E-state index contributed by atoms with van der Waals surface area (Å²) in [6.45, 7) is 5.94. The fourth-order valence-electron chi connectivity index (χ4n) is 4.19. The predicted octanol–water partition coefficient (Wildman–Crippen LogP) is 1.51. The quantitative estimate of drug-likeness (QED) is 0.115. The first-order valence-electron chi connectivity index (χ1n) is 12.0. The average molecular weight is 607 g/mol. The summed E-state index contributed by atoms with van der Waals surface area (Å²) >= 11 is 2.29. The number of fused-ring (bicyclic) bond motifs is 1. The third kappa shape index (κ3) is 5.95. The molecule has 0 aliphatic carbocycles. The molecule has 218 valence electrons. The molecule has 2 aliphatic heterocycles. The highest BCUT2D eigenvalue weighted by Crippen LogP contribution is 2.50. The number of nitrogens with zero attached hydrogens (tertiary/aromatic N) is 4. The van der Waals surface area contributed by atoms with E-state index in [1.165, 1.54) is 60.2 Å². The minimum Gasteiger partial charge on any atom is -0.480 e. The van der Waals surface area contributed by atoms with Gasteiger partial charge in [-0.2, -0.15) is 0 Å². The summed E-state index contributed by atoms with van der Waals surface area (Å²) in [6, 6.07) is 3.37. The minimum atomic E-state index is -1.68. The molecule has 17 heteroatoms. The van der Waals surface area contributed by atoms with E-state index in [1.807, 2.05) is 0 Å². The van der Waals surface area contributed by atoms with Gasteiger partial charge in [0.25, 0.3) is 11.6 Å². The van der Waals surface area contributed by atoms with Crippen molar-refractivity contribution in [1.82, 2.24) is 15.2 Å². The average Bonchev–Trinajstić information content (AvgIpc) is 3.44. The summed E-state index contributed by atoms with van der Waals surface area (Å²) in [5.41, 5.74) is 4.09. The maximum absolute atomic E-state index is 13.3. The van der Waals surface area contributed by atoms with Gasteiger partial charge in [0.05, 0.1) is 4.92 Å². The summed E-state index contributed by atoms with van der Waals surface area (Å²) in [7, 11) is 0. The van der Waals surface area contributed by atoms with Gasteiger partial charge in [-0.3, -0.25) is 19.7 Å². The van der Waals surface area contributed by atoms with Gasteiger partial charge in [-0.15, -0.1) is 23.1 Å². The van der Waals surface area contributed by atoms with Gasteiger partial charge >= 0.3 is 11.9 Å². The Kier molecular flexibility index (Phi) is 7.95. The largest absolute Gasteiger partial charge is 0.480 e. The number of benzene rings is 1. The number of carboxylic acid groups (broad SMARTS) is 1. The lowest BCUT2D eigenvalue weighted by molar-refractivity contribution is -0.384. The van der Waals surface area contributed by atoms with Crippen molar-refractivity contribution in [3.63, 3.8) is 0 Å². The van der Waals surface area contributed by atoms with Gasteiger partial charge in [0.15, 0.2) is 10.8 Å². The van der Waals surface area contributed by atoms with Gasteiger partial charge in [0.1, 0.15) is 29.8 Å². The molecule has 4 rings (SSSR count). The van der Waals surface area contributed by atoms with Crippen LogP contribution < -0.4 is 11.1 Å². The number of aliphatic carboxylic acids is 1. The number of non-ortho nitro benzene ring substituents is 1. The van der Waals surface area contributed by atoms with E-state index in [9.17, 15) is 34.4 Å². The fraction of sp³-hybridized carbons (Fsp3) is 0.417. The van der Waals surface area contributed by atoms with Crippen LogP contribution in [0.5, 0.6) is 0 Å². The van der Waals surface area contributed by atoms with Crippen LogP contribution in [-0.4, -0.2) is 77.2 Å². The molecular formula is C24H26N6O9S2. The number of nitrogens with one attached hydrogen (secondary N) is 1. The maximum Gasteiger partial charge on any atom is 0.353 e. The molecule has 2 aliphatic rings. The standard InChI is InChI=1S/C24H26N6O9S2/c1-23(2,21(35)38-9-11-5-7-12(8-6-11)30(36)37)39-28-14(13-10-40-22(25)26-13)17(31)27-15-18(32)29-16(20(33)34)24(3,4)41-19(15)29/h5-8,10,15-16,19H,9H2,1-4H3,(H2,25,26)(H,27,31)(H,33,34)/t15-,16+,19-/m1/s1. The number of nitrogen functional groups attached to an aromatic ring is 1. The maximum atomic E-state index is 13.3. The molecule has 3 atom stereocenters. The fourth-order valence-corrected chi connectivity index (χ4v) is 6.36. The Morgan fingerprint density at radius 1 is 1.29 bits per heavy atom. The van der Waals surface area contributed by atoms with E-state index < -0.39 is 56.5 Å². The number of β-lactam (4-membered cyclic amide) rings is 1. The number of thioether (sulfide) groups is 1. The second-order valence-corrected chi connectivity index (χ2v) is 12.8. The molecule has 0 saturated carbocycles. The first-order chi connectivity index (χ1) is 19.1. The third-order valence-corrected chi connectivity index (χ3v) is 8.56. The molecule has 2 fully saturated rings. The number of carbonyl (C=O) groups excluding carboxylic acids is 3. The Hall–Kier alpha value is -4.25. The van der Waals surface area contributed by atoms with E-state index in [4.69, 9.17) is 15.3 Å². The molecule has 1 aromatic heterocycles. The Balaban J connectivity index is 1.46. The van der Waals surface area contributed by atoms with Crippen molar-refractivity contribution in [2.75, 3.05) is 5.73 Å². The number of hydrogen-bond acceptors (Lipinski definition) is 13. The number of carbonyl (C=O) groups is 4. The summed E-state index contributed by atoms with van der Waals surface area (Å²) < 4.78 is 4.48. The normalized spacial score (nSPS) is 21.5. The SMILES string of the molecule is CC(C)(ON=C(C(=O)N[C@@H]1C(=O)N2[C@@H]1SC(C)(C)[C@@H]2C(=O)O)c1csc(N)n1)C(=O)OCc1ccc([N+](=O)[O-])cc1. The number of anilines is 1. The molecule has 15 nitrogen and oxygen atoms in total. The van der Waals surface area contributed by atoms with Crippen molar-refractivity contribution < 1.29 is 38.8 Å². The van der Waals surface area contributed by atoms with Gasteiger partial charge in [-0.05, 0) is 45.4 Å². The van der Waals surface area contributed by atoms with Crippen molar-refractivity contribution in [2.24, 2.45) is 5.16 Å². The van der Waals surface area contributed by atoms with E-state index >= 15 is 0 Å². The van der Waals surface area contributed by atoms with Crippen LogP contribution in [0, 0.1) is 10.1 Å². The van der Waals surface area contributed by atoms with E-state index in [1.54, 1.807) is 13.8 Å². The van der Waals surface area contributed by atoms with Gasteiger partial charge in [0.2, 0.25) is 11.5 Å². The van der Waals surface area contributed by atoms with E-state index in [0.29, 0.717) is 5.56 Å². The lowest BCUT2D eigenvalue weighted by Gasteiger charge is -2.43. The molecule has 2 amide bonds. The number of oxime groups is 1. The summed E-state index contributed by atoms with van der Waals surface area (Å²) in [4.78, 5) is 71.6. The monoisotopic (exact) mass is 606 g/mol. The van der Waals surface area contributed by atoms with Gasteiger partial charge in [-0.25, -0.2) is 14.6 Å². The van der Waals surface area contributed by atoms with Crippen molar-refractivity contribution in [2.45, 2.75) is 62.1 Å². The number of nitro groups is 1. The zero-order chi connectivity index (χ0) is 30.3. The van der Waals surface area contributed by atoms with Crippen LogP contribution in [0.1, 0.15) is 39.0 Å². The number of rotatable bonds is 10. The highest BCUT2D eigenvalue weighted by Gasteiger charge is 2.64. The van der Waals surface area contributed by atoms with Crippen LogP contribution in [0.3, 0.4) is 0 Å². The molecule has 2 saturated heterocycles. The second kappa shape index (κ2) is 11.0. The lowest BCUT2D eigenvalue weighted by Crippen LogP contribution is -2.71. The zero-order valence-electron chi connectivity index (χ0n) is 22.2. The molecule has 41 heavy (non-hydrogen) atoms. The highest BCUT2D eigenvalue weighted by atomic mass is 32.2. The number of hydrogen-bond donors (Lipinski definition) is 3.